The number of fused-ring (bicyclic) bond motifs is 1. The van der Waals surface area contributed by atoms with Crippen LogP contribution in [0.1, 0.15) is 11.3 Å². The van der Waals surface area contributed by atoms with Crippen LogP contribution in [0.2, 0.25) is 0 Å². The zero-order valence-electron chi connectivity index (χ0n) is 17.8. The zero-order chi connectivity index (χ0) is 22.2. The Morgan fingerprint density at radius 3 is 2.50 bits per heavy atom. The number of hydrogen-bond acceptors (Lipinski definition) is 7. The van der Waals surface area contributed by atoms with Crippen molar-refractivity contribution < 1.29 is 8.78 Å². The van der Waals surface area contributed by atoms with Crippen LogP contribution in [0.25, 0.3) is 22.4 Å². The second-order valence-corrected chi connectivity index (χ2v) is 7.96. The third kappa shape index (κ3) is 3.89. The molecule has 4 aromatic rings. The van der Waals surface area contributed by atoms with Crippen molar-refractivity contribution in [3.63, 3.8) is 0 Å². The van der Waals surface area contributed by atoms with E-state index in [1.807, 2.05) is 17.9 Å². The van der Waals surface area contributed by atoms with Gasteiger partial charge in [-0.3, -0.25) is 9.58 Å². The van der Waals surface area contributed by atoms with Gasteiger partial charge in [0.2, 0.25) is 5.95 Å². The minimum absolute atomic E-state index is 0.295. The highest BCUT2D eigenvalue weighted by Crippen LogP contribution is 2.25. The molecule has 0 amide bonds. The Hall–Kier alpha value is -3.53. The molecule has 0 atom stereocenters. The average Bonchev–Trinajstić information content (AvgIpc) is 3.22. The predicted molar refractivity (Wildman–Crippen MR) is 116 cm³/mol. The second kappa shape index (κ2) is 8.19. The molecule has 164 valence electrons. The van der Waals surface area contributed by atoms with Gasteiger partial charge in [-0.15, -0.1) is 5.10 Å². The van der Waals surface area contributed by atoms with E-state index < -0.39 is 5.95 Å². The van der Waals surface area contributed by atoms with Crippen molar-refractivity contribution in [2.45, 2.75) is 13.5 Å². The van der Waals surface area contributed by atoms with Gasteiger partial charge in [0.25, 0.3) is 0 Å². The van der Waals surface area contributed by atoms with Crippen molar-refractivity contribution in [1.29, 1.82) is 0 Å². The maximum atomic E-state index is 14.9. The van der Waals surface area contributed by atoms with Gasteiger partial charge in [0.1, 0.15) is 11.2 Å². The summed E-state index contributed by atoms with van der Waals surface area (Å²) in [6, 6.07) is 7.06. The molecule has 8 nitrogen and oxygen atoms in total. The molecule has 32 heavy (non-hydrogen) atoms. The van der Waals surface area contributed by atoms with E-state index in [1.165, 1.54) is 0 Å². The molecular formula is C22H22F2N8. The fraction of sp³-hybridized carbons (Fsp3) is 0.318. The standard InChI is InChI=1S/C22H22F2N8/c1-14-11-25-21-17(26-14)4-3-15(20(21)23)12-31-7-9-32(10-8-31)19-6-5-16(27-22(19)24)18-13-30(2)29-28-18/h3-6,11,13H,7-10,12H2,1-2H3. The third-order valence-corrected chi connectivity index (χ3v) is 5.65. The normalized spacial score (nSPS) is 14.9. The number of aromatic nitrogens is 6. The van der Waals surface area contributed by atoms with Crippen molar-refractivity contribution in [2.24, 2.45) is 7.05 Å². The van der Waals surface area contributed by atoms with E-state index in [-0.39, 0.29) is 5.82 Å². The van der Waals surface area contributed by atoms with Gasteiger partial charge in [0.15, 0.2) is 5.82 Å². The molecule has 4 heterocycles. The van der Waals surface area contributed by atoms with Crippen molar-refractivity contribution >= 4 is 16.7 Å². The highest BCUT2D eigenvalue weighted by atomic mass is 19.1. The van der Waals surface area contributed by atoms with E-state index >= 15 is 0 Å². The number of aryl methyl sites for hydroxylation is 2. The fourth-order valence-corrected chi connectivity index (χ4v) is 3.97. The van der Waals surface area contributed by atoms with Crippen LogP contribution in [0.15, 0.2) is 36.7 Å². The first kappa shape index (κ1) is 20.4. The van der Waals surface area contributed by atoms with Crippen LogP contribution in [0, 0.1) is 18.7 Å². The molecule has 0 unspecified atom stereocenters. The summed E-state index contributed by atoms with van der Waals surface area (Å²) in [5.74, 6) is -0.858. The Balaban J connectivity index is 1.26. The summed E-state index contributed by atoms with van der Waals surface area (Å²) in [6.07, 6.45) is 3.27. The van der Waals surface area contributed by atoms with Gasteiger partial charge in [0.05, 0.1) is 28.8 Å². The van der Waals surface area contributed by atoms with Crippen molar-refractivity contribution in [1.82, 2.24) is 34.8 Å². The smallest absolute Gasteiger partial charge is 0.237 e. The molecule has 0 saturated carbocycles. The number of pyridine rings is 1. The van der Waals surface area contributed by atoms with Crippen LogP contribution < -0.4 is 4.90 Å². The first-order valence-corrected chi connectivity index (χ1v) is 10.4. The summed E-state index contributed by atoms with van der Waals surface area (Å²) >= 11 is 0. The Morgan fingerprint density at radius 1 is 0.969 bits per heavy atom. The van der Waals surface area contributed by atoms with Crippen LogP contribution in [-0.2, 0) is 13.6 Å². The lowest BCUT2D eigenvalue weighted by atomic mass is 10.1. The Kier molecular flexibility index (Phi) is 5.22. The number of halogens is 2. The molecule has 1 aliphatic heterocycles. The quantitative estimate of drug-likeness (QED) is 0.456. The number of nitrogens with zero attached hydrogens (tertiary/aromatic N) is 8. The van der Waals surface area contributed by atoms with Crippen LogP contribution in [0.4, 0.5) is 14.5 Å². The van der Waals surface area contributed by atoms with Gasteiger partial charge < -0.3 is 4.90 Å². The van der Waals surface area contributed by atoms with Gasteiger partial charge in [-0.1, -0.05) is 11.3 Å². The van der Waals surface area contributed by atoms with Gasteiger partial charge in [0, 0.05) is 51.5 Å². The summed E-state index contributed by atoms with van der Waals surface area (Å²) in [6.45, 7) is 4.91. The molecule has 0 N–H and O–H groups in total. The number of hydrogen-bond donors (Lipinski definition) is 0. The summed E-state index contributed by atoms with van der Waals surface area (Å²) in [4.78, 5) is 16.7. The maximum Gasteiger partial charge on any atom is 0.237 e. The van der Waals surface area contributed by atoms with Gasteiger partial charge in [-0.05, 0) is 25.1 Å². The molecule has 1 aliphatic rings. The van der Waals surface area contributed by atoms with Crippen molar-refractivity contribution in [3.8, 4) is 11.4 Å². The van der Waals surface area contributed by atoms with E-state index in [9.17, 15) is 8.78 Å². The Bertz CT molecular complexity index is 1280. The molecule has 1 fully saturated rings. The molecule has 0 aliphatic carbocycles. The van der Waals surface area contributed by atoms with Gasteiger partial charge in [-0.25, -0.2) is 19.3 Å². The zero-order valence-corrected chi connectivity index (χ0v) is 17.8. The molecule has 5 rings (SSSR count). The van der Waals surface area contributed by atoms with Crippen LogP contribution in [-0.4, -0.2) is 61.0 Å². The maximum absolute atomic E-state index is 14.9. The molecule has 1 saturated heterocycles. The predicted octanol–water partition coefficient (Wildman–Crippen LogP) is 2.73. The summed E-state index contributed by atoms with van der Waals surface area (Å²) in [5.41, 5.74) is 3.63. The van der Waals surface area contributed by atoms with Crippen LogP contribution >= 0.6 is 0 Å². The van der Waals surface area contributed by atoms with Crippen molar-refractivity contribution in [3.05, 3.63) is 59.7 Å². The highest BCUT2D eigenvalue weighted by Gasteiger charge is 2.22. The summed E-state index contributed by atoms with van der Waals surface area (Å²) in [7, 11) is 1.75. The molecule has 10 heteroatoms. The number of anilines is 1. The fourth-order valence-electron chi connectivity index (χ4n) is 3.97. The topological polar surface area (TPSA) is 75.9 Å². The number of rotatable bonds is 4. The molecule has 0 bridgehead atoms. The number of piperazine rings is 1. The minimum atomic E-state index is -0.531. The molecule has 1 aromatic carbocycles. The van der Waals surface area contributed by atoms with E-state index in [2.05, 4.69) is 30.2 Å². The monoisotopic (exact) mass is 436 g/mol. The van der Waals surface area contributed by atoms with E-state index in [1.54, 1.807) is 42.3 Å². The molecule has 3 aromatic heterocycles. The van der Waals surface area contributed by atoms with E-state index in [4.69, 9.17) is 0 Å². The lowest BCUT2D eigenvalue weighted by Gasteiger charge is -2.36. The second-order valence-electron chi connectivity index (χ2n) is 7.96. The lowest BCUT2D eigenvalue weighted by molar-refractivity contribution is 0.246. The summed E-state index contributed by atoms with van der Waals surface area (Å²) in [5, 5.41) is 7.83. The molecule has 0 radical (unpaired) electrons. The summed E-state index contributed by atoms with van der Waals surface area (Å²) < 4.78 is 31.2. The van der Waals surface area contributed by atoms with Crippen molar-refractivity contribution in [2.75, 3.05) is 31.1 Å². The average molecular weight is 436 g/mol. The first-order valence-electron chi connectivity index (χ1n) is 10.4. The Morgan fingerprint density at radius 2 is 1.78 bits per heavy atom. The SMILES string of the molecule is Cc1cnc2c(F)c(CN3CCN(c4ccc(-c5cn(C)nn5)nc4F)CC3)ccc2n1. The number of benzene rings is 1. The van der Waals surface area contributed by atoms with Gasteiger partial charge >= 0.3 is 0 Å². The minimum Gasteiger partial charge on any atom is -0.365 e. The van der Waals surface area contributed by atoms with Gasteiger partial charge in [-0.2, -0.15) is 4.39 Å². The largest absolute Gasteiger partial charge is 0.365 e. The lowest BCUT2D eigenvalue weighted by Crippen LogP contribution is -2.46. The molecular weight excluding hydrogens is 414 g/mol. The van der Waals surface area contributed by atoms with Crippen LogP contribution in [0.3, 0.4) is 0 Å². The highest BCUT2D eigenvalue weighted by molar-refractivity contribution is 5.75. The van der Waals surface area contributed by atoms with E-state index in [0.29, 0.717) is 66.4 Å². The van der Waals surface area contributed by atoms with E-state index in [0.717, 1.165) is 5.69 Å². The Labute approximate surface area is 183 Å². The first-order chi connectivity index (χ1) is 15.5. The van der Waals surface area contributed by atoms with Crippen LogP contribution in [0.5, 0.6) is 0 Å². The third-order valence-electron chi connectivity index (χ3n) is 5.65. The molecule has 0 spiro atoms.